The minimum Gasteiger partial charge on any atom is -0.368 e. The number of hydrogen-bond donors (Lipinski definition) is 3. The smallest absolute Gasteiger partial charge is 0.220 e. The average molecular weight is 292 g/mol. The summed E-state index contributed by atoms with van der Waals surface area (Å²) >= 11 is 6.34. The number of rotatable bonds is 8. The minimum absolute atomic E-state index is 0.0680. The number of thioether (sulfide) groups is 1. The molecule has 0 spiro atoms. The third-order valence-corrected chi connectivity index (χ3v) is 4.81. The summed E-state index contributed by atoms with van der Waals surface area (Å²) in [4.78, 5) is 11.4. The fraction of sp³-hybridized carbons (Fsp3) is 0.917. The molecular weight excluding hydrogens is 268 g/mol. The Bertz CT molecular complexity index is 236. The maximum Gasteiger partial charge on any atom is 0.220 e. The van der Waals surface area contributed by atoms with Gasteiger partial charge >= 0.3 is 0 Å². The predicted molar refractivity (Wildman–Crippen MR) is 80.1 cm³/mol. The molecule has 0 radical (unpaired) electrons. The van der Waals surface area contributed by atoms with Gasteiger partial charge in [0, 0.05) is 37.1 Å². The molecule has 0 saturated carbocycles. The van der Waals surface area contributed by atoms with E-state index in [9.17, 15) is 4.79 Å². The van der Waals surface area contributed by atoms with Gasteiger partial charge in [0.05, 0.1) is 0 Å². The van der Waals surface area contributed by atoms with E-state index in [4.69, 9.17) is 10.5 Å². The minimum atomic E-state index is 0.0680. The first-order valence-corrected chi connectivity index (χ1v) is 8.17. The van der Waals surface area contributed by atoms with Gasteiger partial charge in [0.2, 0.25) is 5.91 Å². The average Bonchev–Trinajstić information content (AvgIpc) is 2.41. The molecule has 1 aliphatic rings. The Morgan fingerprint density at radius 1 is 1.56 bits per heavy atom. The van der Waals surface area contributed by atoms with E-state index in [0.29, 0.717) is 24.9 Å². The highest BCUT2D eigenvalue weighted by Crippen LogP contribution is 2.25. The van der Waals surface area contributed by atoms with Crippen molar-refractivity contribution >= 4 is 30.3 Å². The number of ether oxygens (including phenoxy) is 1. The Morgan fingerprint density at radius 3 is 3.06 bits per heavy atom. The number of hydrogen-bond acceptors (Lipinski definition) is 5. The second-order valence-corrected chi connectivity index (χ2v) is 6.38. The molecule has 1 saturated heterocycles. The van der Waals surface area contributed by atoms with Crippen LogP contribution in [0.4, 0.5) is 0 Å². The molecule has 18 heavy (non-hydrogen) atoms. The first-order valence-electron chi connectivity index (χ1n) is 6.60. The van der Waals surface area contributed by atoms with E-state index in [1.807, 2.05) is 11.8 Å². The van der Waals surface area contributed by atoms with Crippen LogP contribution in [0, 0.1) is 0 Å². The van der Waals surface area contributed by atoms with Gasteiger partial charge in [-0.25, -0.2) is 0 Å². The molecule has 1 fully saturated rings. The lowest BCUT2D eigenvalue weighted by molar-refractivity contribution is -0.121. The molecule has 106 valence electrons. The molecule has 0 aliphatic carbocycles. The molecule has 2 unspecified atom stereocenters. The van der Waals surface area contributed by atoms with Crippen LogP contribution in [0.15, 0.2) is 0 Å². The van der Waals surface area contributed by atoms with Crippen LogP contribution in [0.25, 0.3) is 0 Å². The molecule has 0 bridgehead atoms. The van der Waals surface area contributed by atoms with Gasteiger partial charge in [0.15, 0.2) is 0 Å². The number of thiol groups is 1. The zero-order valence-corrected chi connectivity index (χ0v) is 12.5. The van der Waals surface area contributed by atoms with Crippen molar-refractivity contribution in [3.63, 3.8) is 0 Å². The molecule has 1 heterocycles. The lowest BCUT2D eigenvalue weighted by Gasteiger charge is -2.23. The number of amides is 1. The second kappa shape index (κ2) is 9.95. The summed E-state index contributed by atoms with van der Waals surface area (Å²) in [5.41, 5.74) is 5.65. The van der Waals surface area contributed by atoms with Gasteiger partial charge in [-0.1, -0.05) is 0 Å². The quantitative estimate of drug-likeness (QED) is 0.592. The van der Waals surface area contributed by atoms with Gasteiger partial charge in [-0.3, -0.25) is 4.79 Å². The molecular formula is C12H24N2O2S2. The van der Waals surface area contributed by atoms with Crippen molar-refractivity contribution in [2.75, 3.05) is 25.4 Å². The van der Waals surface area contributed by atoms with E-state index in [0.717, 1.165) is 25.2 Å². The van der Waals surface area contributed by atoms with E-state index in [-0.39, 0.29) is 11.2 Å². The van der Waals surface area contributed by atoms with Crippen molar-refractivity contribution in [1.82, 2.24) is 5.32 Å². The Labute approximate surface area is 119 Å². The van der Waals surface area contributed by atoms with Crippen molar-refractivity contribution < 1.29 is 9.53 Å². The van der Waals surface area contributed by atoms with Crippen molar-refractivity contribution in [1.29, 1.82) is 0 Å². The zero-order valence-electron chi connectivity index (χ0n) is 10.8. The van der Waals surface area contributed by atoms with E-state index in [2.05, 4.69) is 17.9 Å². The maximum atomic E-state index is 11.4. The predicted octanol–water partition coefficient (Wildman–Crippen LogP) is 1.40. The third-order valence-electron chi connectivity index (χ3n) is 2.78. The van der Waals surface area contributed by atoms with Crippen LogP contribution in [0.5, 0.6) is 0 Å². The second-order valence-electron chi connectivity index (χ2n) is 4.46. The van der Waals surface area contributed by atoms with E-state index < -0.39 is 0 Å². The lowest BCUT2D eigenvalue weighted by atomic mass is 10.2. The topological polar surface area (TPSA) is 64.3 Å². The summed E-state index contributed by atoms with van der Waals surface area (Å²) in [6.07, 6.45) is 4.92. The summed E-state index contributed by atoms with van der Waals surface area (Å²) in [6, 6.07) is 0. The molecule has 4 nitrogen and oxygen atoms in total. The molecule has 3 N–H and O–H groups in total. The summed E-state index contributed by atoms with van der Waals surface area (Å²) in [5.74, 6) is 1.01. The Balaban J connectivity index is 2.02. The van der Waals surface area contributed by atoms with Crippen LogP contribution in [0.2, 0.25) is 0 Å². The molecule has 1 aliphatic heterocycles. The largest absolute Gasteiger partial charge is 0.368 e. The van der Waals surface area contributed by atoms with E-state index in [1.54, 1.807) is 0 Å². The van der Waals surface area contributed by atoms with Crippen LogP contribution in [0.3, 0.4) is 0 Å². The Kier molecular flexibility index (Phi) is 8.92. The molecule has 2 atom stereocenters. The fourth-order valence-electron chi connectivity index (χ4n) is 1.74. The van der Waals surface area contributed by atoms with Crippen molar-refractivity contribution in [3.8, 4) is 0 Å². The van der Waals surface area contributed by atoms with E-state index in [1.165, 1.54) is 12.8 Å². The highest BCUT2D eigenvalue weighted by molar-refractivity contribution is 8.00. The van der Waals surface area contributed by atoms with Crippen LogP contribution >= 0.6 is 24.4 Å². The summed E-state index contributed by atoms with van der Waals surface area (Å²) in [5, 5.41) is 3.02. The van der Waals surface area contributed by atoms with Gasteiger partial charge in [0.1, 0.15) is 5.44 Å². The van der Waals surface area contributed by atoms with Gasteiger partial charge in [-0.2, -0.15) is 12.6 Å². The van der Waals surface area contributed by atoms with Crippen LogP contribution in [-0.2, 0) is 9.53 Å². The van der Waals surface area contributed by atoms with Gasteiger partial charge in [0.25, 0.3) is 0 Å². The van der Waals surface area contributed by atoms with Crippen molar-refractivity contribution in [2.45, 2.75) is 42.8 Å². The SMILES string of the molecule is NCCNC(=O)CCC(S)CSC1CCCCO1. The van der Waals surface area contributed by atoms with Gasteiger partial charge in [-0.15, -0.1) is 11.8 Å². The molecule has 6 heteroatoms. The number of nitrogens with one attached hydrogen (secondary N) is 1. The highest BCUT2D eigenvalue weighted by Gasteiger charge is 2.16. The van der Waals surface area contributed by atoms with E-state index >= 15 is 0 Å². The lowest BCUT2D eigenvalue weighted by Crippen LogP contribution is -2.29. The van der Waals surface area contributed by atoms with Crippen LogP contribution in [0.1, 0.15) is 32.1 Å². The monoisotopic (exact) mass is 292 g/mol. The Hall–Kier alpha value is 0.0900. The van der Waals surface area contributed by atoms with Crippen molar-refractivity contribution in [2.24, 2.45) is 5.73 Å². The highest BCUT2D eigenvalue weighted by atomic mass is 32.2. The first-order chi connectivity index (χ1) is 8.72. The molecule has 0 aromatic carbocycles. The number of carbonyl (C=O) groups excluding carboxylic acids is 1. The fourth-order valence-corrected chi connectivity index (χ4v) is 3.26. The molecule has 0 aromatic rings. The molecule has 1 rings (SSSR count). The molecule has 1 amide bonds. The summed E-state index contributed by atoms with van der Waals surface area (Å²) in [7, 11) is 0. The van der Waals surface area contributed by atoms with Gasteiger partial charge in [-0.05, 0) is 25.7 Å². The number of carbonyl (C=O) groups is 1. The Morgan fingerprint density at radius 2 is 2.39 bits per heavy atom. The van der Waals surface area contributed by atoms with Crippen molar-refractivity contribution in [3.05, 3.63) is 0 Å². The standard InChI is InChI=1S/C12H24N2O2S2/c13-6-7-14-11(15)5-4-10(17)9-18-12-3-1-2-8-16-12/h10,12,17H,1-9,13H2,(H,14,15). The van der Waals surface area contributed by atoms with Crippen LogP contribution < -0.4 is 11.1 Å². The van der Waals surface area contributed by atoms with Crippen LogP contribution in [-0.4, -0.2) is 42.0 Å². The normalized spacial score (nSPS) is 21.6. The first kappa shape index (κ1) is 16.1. The summed E-state index contributed by atoms with van der Waals surface area (Å²) < 4.78 is 5.64. The third kappa shape index (κ3) is 7.51. The van der Waals surface area contributed by atoms with Gasteiger partial charge < -0.3 is 15.8 Å². The number of nitrogens with two attached hydrogens (primary N) is 1. The maximum absolute atomic E-state index is 11.4. The zero-order chi connectivity index (χ0) is 13.2. The molecule has 0 aromatic heterocycles. The summed E-state index contributed by atoms with van der Waals surface area (Å²) in [6.45, 7) is 1.93.